The summed E-state index contributed by atoms with van der Waals surface area (Å²) in [5, 5.41) is 0. The second kappa shape index (κ2) is 10.3. The number of benzene rings is 3. The van der Waals surface area contributed by atoms with Gasteiger partial charge >= 0.3 is 5.97 Å². The van der Waals surface area contributed by atoms with Crippen LogP contribution in [-0.2, 0) is 12.8 Å². The summed E-state index contributed by atoms with van der Waals surface area (Å²) in [7, 11) is 0. The minimum atomic E-state index is -0.362. The van der Waals surface area contributed by atoms with Gasteiger partial charge in [0.15, 0.2) is 0 Å². The maximum atomic E-state index is 12.3. The van der Waals surface area contributed by atoms with Crippen LogP contribution in [0, 0.1) is 11.8 Å². The molecule has 2 heteroatoms. The van der Waals surface area contributed by atoms with Gasteiger partial charge in [-0.25, -0.2) is 4.79 Å². The van der Waals surface area contributed by atoms with Gasteiger partial charge in [0.2, 0.25) is 0 Å². The highest BCUT2D eigenvalue weighted by Crippen LogP contribution is 2.16. The molecule has 0 atom stereocenters. The molecule has 0 amide bonds. The molecule has 0 aromatic heterocycles. The van der Waals surface area contributed by atoms with Crippen LogP contribution < -0.4 is 4.74 Å². The van der Waals surface area contributed by atoms with Gasteiger partial charge in [0, 0.05) is 11.1 Å². The summed E-state index contributed by atoms with van der Waals surface area (Å²) >= 11 is 0. The molecule has 0 spiro atoms. The number of aryl methyl sites for hydroxylation is 2. The molecule has 3 aromatic carbocycles. The molecule has 0 radical (unpaired) electrons. The van der Waals surface area contributed by atoms with Gasteiger partial charge in [0.1, 0.15) is 5.75 Å². The zero-order chi connectivity index (χ0) is 20.5. The molecule has 0 unspecified atom stereocenters. The number of esters is 1. The third kappa shape index (κ3) is 6.09. The van der Waals surface area contributed by atoms with Gasteiger partial charge in [-0.2, -0.15) is 0 Å². The molecule has 0 heterocycles. The first kappa shape index (κ1) is 20.4. The smallest absolute Gasteiger partial charge is 0.343 e. The Kier molecular flexibility index (Phi) is 7.25. The van der Waals surface area contributed by atoms with E-state index in [1.807, 2.05) is 36.4 Å². The van der Waals surface area contributed by atoms with Crippen LogP contribution in [0.5, 0.6) is 5.75 Å². The van der Waals surface area contributed by atoms with Crippen molar-refractivity contribution in [1.29, 1.82) is 0 Å². The Morgan fingerprint density at radius 3 is 1.62 bits per heavy atom. The Morgan fingerprint density at radius 2 is 1.14 bits per heavy atom. The van der Waals surface area contributed by atoms with Crippen LogP contribution in [0.1, 0.15) is 59.3 Å². The van der Waals surface area contributed by atoms with Gasteiger partial charge in [0.25, 0.3) is 0 Å². The molecule has 0 aliphatic heterocycles. The zero-order valence-electron chi connectivity index (χ0n) is 17.1. The fraction of sp³-hybridized carbons (Fsp3) is 0.222. The van der Waals surface area contributed by atoms with E-state index in [2.05, 4.69) is 50.0 Å². The molecule has 0 bridgehead atoms. The van der Waals surface area contributed by atoms with Crippen molar-refractivity contribution in [1.82, 2.24) is 0 Å². The molecule has 0 saturated heterocycles. The fourth-order valence-electron chi connectivity index (χ4n) is 3.06. The molecule has 29 heavy (non-hydrogen) atoms. The summed E-state index contributed by atoms with van der Waals surface area (Å²) in [5.41, 5.74) is 4.94. The van der Waals surface area contributed by atoms with Crippen LogP contribution in [0.2, 0.25) is 0 Å². The quantitative estimate of drug-likeness (QED) is 0.288. The summed E-state index contributed by atoms with van der Waals surface area (Å²) in [6, 6.07) is 23.2. The maximum absolute atomic E-state index is 12.3. The lowest BCUT2D eigenvalue weighted by atomic mass is 10.1. The number of hydrogen-bond donors (Lipinski definition) is 0. The second-order valence-electron chi connectivity index (χ2n) is 7.06. The first-order chi connectivity index (χ1) is 14.2. The van der Waals surface area contributed by atoms with Crippen molar-refractivity contribution in [3.05, 3.63) is 101 Å². The van der Waals surface area contributed by atoms with Crippen molar-refractivity contribution in [2.24, 2.45) is 0 Å². The summed E-state index contributed by atoms with van der Waals surface area (Å²) < 4.78 is 5.46. The molecular formula is C27H26O2. The van der Waals surface area contributed by atoms with Gasteiger partial charge in [-0.15, -0.1) is 0 Å². The van der Waals surface area contributed by atoms with Crippen LogP contribution in [0.3, 0.4) is 0 Å². The topological polar surface area (TPSA) is 26.3 Å². The molecular weight excluding hydrogens is 356 g/mol. The fourth-order valence-corrected chi connectivity index (χ4v) is 3.06. The van der Waals surface area contributed by atoms with E-state index in [1.165, 1.54) is 11.1 Å². The van der Waals surface area contributed by atoms with Crippen molar-refractivity contribution in [3.63, 3.8) is 0 Å². The normalized spacial score (nSPS) is 10.1. The Labute approximate surface area is 173 Å². The van der Waals surface area contributed by atoms with E-state index in [0.29, 0.717) is 11.3 Å². The molecule has 0 fully saturated rings. The Balaban J connectivity index is 1.61. The molecule has 3 rings (SSSR count). The molecule has 146 valence electrons. The van der Waals surface area contributed by atoms with Crippen LogP contribution in [-0.4, -0.2) is 5.97 Å². The van der Waals surface area contributed by atoms with E-state index in [0.717, 1.165) is 36.8 Å². The van der Waals surface area contributed by atoms with E-state index < -0.39 is 0 Å². The van der Waals surface area contributed by atoms with E-state index in [9.17, 15) is 4.79 Å². The third-order valence-corrected chi connectivity index (χ3v) is 4.64. The predicted octanol–water partition coefficient (Wildman–Crippen LogP) is 6.21. The van der Waals surface area contributed by atoms with Crippen molar-refractivity contribution in [2.45, 2.75) is 39.5 Å². The SMILES string of the molecule is CCCc1ccc(C#Cc2ccc(C(=O)Oc3ccc(CCC)cc3)cc2)cc1. The molecule has 0 N–H and O–H groups in total. The Hall–Kier alpha value is -3.31. The van der Waals surface area contributed by atoms with Gasteiger partial charge in [-0.1, -0.05) is 62.8 Å². The molecule has 3 aromatic rings. The van der Waals surface area contributed by atoms with Crippen molar-refractivity contribution < 1.29 is 9.53 Å². The van der Waals surface area contributed by atoms with Crippen LogP contribution in [0.25, 0.3) is 0 Å². The maximum Gasteiger partial charge on any atom is 0.343 e. The Bertz CT molecular complexity index is 986. The zero-order valence-corrected chi connectivity index (χ0v) is 17.1. The monoisotopic (exact) mass is 382 g/mol. The first-order valence-electron chi connectivity index (χ1n) is 10.2. The first-order valence-corrected chi connectivity index (χ1v) is 10.2. The van der Waals surface area contributed by atoms with Crippen LogP contribution in [0.15, 0.2) is 72.8 Å². The van der Waals surface area contributed by atoms with Crippen molar-refractivity contribution in [3.8, 4) is 17.6 Å². The second-order valence-corrected chi connectivity index (χ2v) is 7.06. The lowest BCUT2D eigenvalue weighted by molar-refractivity contribution is 0.0734. The third-order valence-electron chi connectivity index (χ3n) is 4.64. The number of ether oxygens (including phenoxy) is 1. The van der Waals surface area contributed by atoms with Gasteiger partial charge in [0.05, 0.1) is 5.56 Å². The van der Waals surface area contributed by atoms with Gasteiger partial charge in [-0.05, 0) is 72.5 Å². The number of hydrogen-bond acceptors (Lipinski definition) is 2. The molecule has 0 aliphatic carbocycles. The average Bonchev–Trinajstić information content (AvgIpc) is 2.75. The van der Waals surface area contributed by atoms with Gasteiger partial charge in [-0.3, -0.25) is 0 Å². The van der Waals surface area contributed by atoms with Crippen LogP contribution in [0.4, 0.5) is 0 Å². The molecule has 2 nitrogen and oxygen atoms in total. The number of rotatable bonds is 6. The summed E-state index contributed by atoms with van der Waals surface area (Å²) in [4.78, 5) is 12.3. The Morgan fingerprint density at radius 1 is 0.690 bits per heavy atom. The summed E-state index contributed by atoms with van der Waals surface area (Å²) in [6.45, 7) is 4.32. The van der Waals surface area contributed by atoms with E-state index in [4.69, 9.17) is 4.74 Å². The predicted molar refractivity (Wildman–Crippen MR) is 118 cm³/mol. The minimum Gasteiger partial charge on any atom is -0.423 e. The van der Waals surface area contributed by atoms with Crippen molar-refractivity contribution in [2.75, 3.05) is 0 Å². The van der Waals surface area contributed by atoms with Crippen molar-refractivity contribution >= 4 is 5.97 Å². The highest BCUT2D eigenvalue weighted by atomic mass is 16.5. The van der Waals surface area contributed by atoms with E-state index in [1.54, 1.807) is 12.1 Å². The lowest BCUT2D eigenvalue weighted by Gasteiger charge is -2.05. The highest BCUT2D eigenvalue weighted by Gasteiger charge is 2.08. The average molecular weight is 383 g/mol. The van der Waals surface area contributed by atoms with E-state index >= 15 is 0 Å². The minimum absolute atomic E-state index is 0.362. The van der Waals surface area contributed by atoms with Crippen LogP contribution >= 0.6 is 0 Å². The number of carbonyl (C=O) groups excluding carboxylic acids is 1. The standard InChI is InChI=1S/C27H26O2/c1-3-5-21-7-9-23(10-8-21)11-12-24-13-17-25(18-14-24)27(28)29-26-19-15-22(6-4-2)16-20-26/h7-10,13-20H,3-6H2,1-2H3. The lowest BCUT2D eigenvalue weighted by Crippen LogP contribution is -2.08. The molecule has 0 aliphatic rings. The molecule has 0 saturated carbocycles. The summed E-state index contributed by atoms with van der Waals surface area (Å²) in [5.74, 6) is 6.51. The van der Waals surface area contributed by atoms with E-state index in [-0.39, 0.29) is 5.97 Å². The largest absolute Gasteiger partial charge is 0.423 e. The number of carbonyl (C=O) groups is 1. The summed E-state index contributed by atoms with van der Waals surface area (Å²) in [6.07, 6.45) is 4.36. The van der Waals surface area contributed by atoms with Gasteiger partial charge < -0.3 is 4.74 Å². The highest BCUT2D eigenvalue weighted by molar-refractivity contribution is 5.91.